The Bertz CT molecular complexity index is 543. The molecular weight excluding hydrogens is 314 g/mol. The van der Waals surface area contributed by atoms with Crippen molar-refractivity contribution in [1.82, 2.24) is 15.0 Å². The van der Waals surface area contributed by atoms with Crippen LogP contribution in [0.15, 0.2) is 28.9 Å². The average molecular weight is 327 g/mol. The van der Waals surface area contributed by atoms with Crippen molar-refractivity contribution in [3.05, 3.63) is 51.2 Å². The number of halogens is 2. The minimum atomic E-state index is 0.294. The molecule has 0 aliphatic carbocycles. The summed E-state index contributed by atoms with van der Waals surface area (Å²) in [5.74, 6) is 0.993. The molecule has 0 aliphatic heterocycles. The zero-order chi connectivity index (χ0) is 13.1. The van der Waals surface area contributed by atoms with E-state index in [1.807, 2.05) is 18.2 Å². The molecule has 0 amide bonds. The van der Waals surface area contributed by atoms with E-state index in [-0.39, 0.29) is 0 Å². The summed E-state index contributed by atoms with van der Waals surface area (Å²) in [6.07, 6.45) is 2.35. The van der Waals surface area contributed by atoms with E-state index < -0.39 is 0 Å². The minimum Gasteiger partial charge on any atom is -0.261 e. The zero-order valence-corrected chi connectivity index (χ0v) is 12.5. The monoisotopic (exact) mass is 325 g/mol. The number of rotatable bonds is 3. The van der Waals surface area contributed by atoms with Crippen molar-refractivity contribution in [2.24, 2.45) is 0 Å². The molecule has 0 N–H and O–H groups in total. The van der Waals surface area contributed by atoms with Gasteiger partial charge >= 0.3 is 0 Å². The second-order valence-corrected chi connectivity index (χ2v) is 5.43. The van der Waals surface area contributed by atoms with Crippen molar-refractivity contribution >= 4 is 27.5 Å². The van der Waals surface area contributed by atoms with Gasteiger partial charge in [0.2, 0.25) is 0 Å². The van der Waals surface area contributed by atoms with Crippen LogP contribution in [0, 0.1) is 0 Å². The van der Waals surface area contributed by atoms with Crippen molar-refractivity contribution in [1.29, 1.82) is 0 Å². The Morgan fingerprint density at radius 3 is 2.67 bits per heavy atom. The maximum absolute atomic E-state index is 6.11. The van der Waals surface area contributed by atoms with E-state index in [0.717, 1.165) is 15.9 Å². The lowest BCUT2D eigenvalue weighted by molar-refractivity contribution is 0.781. The second-order valence-electron chi connectivity index (χ2n) is 4.28. The molecule has 5 heteroatoms. The topological polar surface area (TPSA) is 38.7 Å². The Morgan fingerprint density at radius 1 is 1.28 bits per heavy atom. The first-order valence-corrected chi connectivity index (χ1v) is 6.86. The second kappa shape index (κ2) is 5.76. The highest BCUT2D eigenvalue weighted by Gasteiger charge is 2.14. The third-order valence-corrected chi connectivity index (χ3v) is 3.78. The van der Waals surface area contributed by atoms with Gasteiger partial charge in [-0.25, -0.2) is 9.97 Å². The van der Waals surface area contributed by atoms with E-state index in [1.165, 1.54) is 0 Å². The predicted molar refractivity (Wildman–Crippen MR) is 75.9 cm³/mol. The van der Waals surface area contributed by atoms with Crippen LogP contribution < -0.4 is 0 Å². The largest absolute Gasteiger partial charge is 0.261 e. The molecule has 3 nitrogen and oxygen atoms in total. The Morgan fingerprint density at radius 2 is 2.06 bits per heavy atom. The van der Waals surface area contributed by atoms with Gasteiger partial charge in [-0.3, -0.25) is 4.98 Å². The molecule has 94 valence electrons. The maximum Gasteiger partial charge on any atom is 0.147 e. The summed E-state index contributed by atoms with van der Waals surface area (Å²) in [4.78, 5) is 13.1. The third-order valence-electron chi connectivity index (χ3n) is 2.49. The van der Waals surface area contributed by atoms with Gasteiger partial charge in [-0.2, -0.15) is 0 Å². The van der Waals surface area contributed by atoms with Gasteiger partial charge in [-0.15, -0.1) is 0 Å². The first kappa shape index (κ1) is 13.4. The summed E-state index contributed by atoms with van der Waals surface area (Å²) in [6.45, 7) is 4.15. The normalized spacial score (nSPS) is 10.9. The Kier molecular flexibility index (Phi) is 4.30. The predicted octanol–water partition coefficient (Wildman–Crippen LogP) is 4.00. The first-order valence-electron chi connectivity index (χ1n) is 5.69. The lowest BCUT2D eigenvalue weighted by Gasteiger charge is -2.10. The molecule has 0 unspecified atom stereocenters. The fourth-order valence-electron chi connectivity index (χ4n) is 1.61. The molecule has 0 spiro atoms. The lowest BCUT2D eigenvalue weighted by Crippen LogP contribution is -2.04. The molecule has 0 saturated heterocycles. The summed E-state index contributed by atoms with van der Waals surface area (Å²) in [6, 6.07) is 5.79. The van der Waals surface area contributed by atoms with Crippen molar-refractivity contribution in [2.45, 2.75) is 26.2 Å². The molecule has 18 heavy (non-hydrogen) atoms. The van der Waals surface area contributed by atoms with E-state index >= 15 is 0 Å². The lowest BCUT2D eigenvalue weighted by atomic mass is 10.1. The summed E-state index contributed by atoms with van der Waals surface area (Å²) in [7, 11) is 0. The van der Waals surface area contributed by atoms with Gasteiger partial charge in [0.25, 0.3) is 0 Å². The maximum atomic E-state index is 6.11. The number of hydrogen-bond donors (Lipinski definition) is 0. The van der Waals surface area contributed by atoms with Gasteiger partial charge in [-0.1, -0.05) is 31.5 Å². The molecule has 2 rings (SSSR count). The summed E-state index contributed by atoms with van der Waals surface area (Å²) in [5.41, 5.74) is 1.87. The van der Waals surface area contributed by atoms with Crippen LogP contribution in [0.2, 0.25) is 5.15 Å². The standard InChI is InChI=1S/C13H13BrClN3/c1-8(2)12-11(14)13(15)18-10(17-12)7-9-5-3-4-6-16-9/h3-6,8H,7H2,1-2H3. The summed E-state index contributed by atoms with van der Waals surface area (Å²) < 4.78 is 0.781. The van der Waals surface area contributed by atoms with Crippen LogP contribution in [0.25, 0.3) is 0 Å². The van der Waals surface area contributed by atoms with Crippen LogP contribution >= 0.6 is 27.5 Å². The van der Waals surface area contributed by atoms with Gasteiger partial charge in [0.15, 0.2) is 0 Å². The van der Waals surface area contributed by atoms with E-state index in [2.05, 4.69) is 44.7 Å². The SMILES string of the molecule is CC(C)c1nc(Cc2ccccn2)nc(Cl)c1Br. The van der Waals surface area contributed by atoms with E-state index in [4.69, 9.17) is 11.6 Å². The molecular formula is C13H13BrClN3. The smallest absolute Gasteiger partial charge is 0.147 e. The van der Waals surface area contributed by atoms with E-state index in [0.29, 0.717) is 23.3 Å². The highest BCUT2D eigenvalue weighted by Crippen LogP contribution is 2.28. The molecule has 0 bridgehead atoms. The van der Waals surface area contributed by atoms with Crippen molar-refractivity contribution in [3.63, 3.8) is 0 Å². The average Bonchev–Trinajstić information content (AvgIpc) is 2.34. The molecule has 2 aromatic heterocycles. The van der Waals surface area contributed by atoms with Crippen LogP contribution in [0.1, 0.15) is 37.0 Å². The quantitative estimate of drug-likeness (QED) is 0.800. The van der Waals surface area contributed by atoms with Gasteiger partial charge in [0, 0.05) is 11.9 Å². The summed E-state index contributed by atoms with van der Waals surface area (Å²) >= 11 is 9.54. The van der Waals surface area contributed by atoms with Gasteiger partial charge in [0.1, 0.15) is 11.0 Å². The number of nitrogens with zero attached hydrogens (tertiary/aromatic N) is 3. The van der Waals surface area contributed by atoms with Crippen molar-refractivity contribution < 1.29 is 0 Å². The van der Waals surface area contributed by atoms with Crippen LogP contribution in [-0.4, -0.2) is 15.0 Å². The molecule has 0 aliphatic rings. The van der Waals surface area contributed by atoms with E-state index in [9.17, 15) is 0 Å². The number of aromatic nitrogens is 3. The highest BCUT2D eigenvalue weighted by atomic mass is 79.9. The molecule has 0 fully saturated rings. The van der Waals surface area contributed by atoms with Gasteiger partial charge in [0.05, 0.1) is 16.6 Å². The van der Waals surface area contributed by atoms with Crippen molar-refractivity contribution in [2.75, 3.05) is 0 Å². The highest BCUT2D eigenvalue weighted by molar-refractivity contribution is 9.10. The van der Waals surface area contributed by atoms with Crippen LogP contribution in [-0.2, 0) is 6.42 Å². The van der Waals surface area contributed by atoms with Crippen LogP contribution in [0.3, 0.4) is 0 Å². The molecule has 2 heterocycles. The Hall–Kier alpha value is -1.00. The van der Waals surface area contributed by atoms with Crippen molar-refractivity contribution in [3.8, 4) is 0 Å². The van der Waals surface area contributed by atoms with Gasteiger partial charge in [-0.05, 0) is 34.0 Å². The molecule has 2 aromatic rings. The molecule has 0 aromatic carbocycles. The first-order chi connectivity index (χ1) is 8.58. The van der Waals surface area contributed by atoms with Crippen LogP contribution in [0.5, 0.6) is 0 Å². The fraction of sp³-hybridized carbons (Fsp3) is 0.308. The summed E-state index contributed by atoms with van der Waals surface area (Å²) in [5, 5.41) is 0.458. The Labute approximate surface area is 120 Å². The Balaban J connectivity index is 2.35. The van der Waals surface area contributed by atoms with E-state index in [1.54, 1.807) is 6.20 Å². The van der Waals surface area contributed by atoms with Gasteiger partial charge < -0.3 is 0 Å². The van der Waals surface area contributed by atoms with Crippen LogP contribution in [0.4, 0.5) is 0 Å². The molecule has 0 saturated carbocycles. The molecule has 0 atom stereocenters. The third kappa shape index (κ3) is 3.06. The fourth-order valence-corrected chi connectivity index (χ4v) is 2.44. The minimum absolute atomic E-state index is 0.294. The zero-order valence-electron chi connectivity index (χ0n) is 10.2. The number of pyridine rings is 1. The molecule has 0 radical (unpaired) electrons. The number of hydrogen-bond acceptors (Lipinski definition) is 3.